The minimum Gasteiger partial charge on any atom is -0.493 e. The molecular weight excluding hydrogens is 577 g/mol. The molecular formula is C34H34ClF3N2O3. The van der Waals surface area contributed by atoms with E-state index in [0.717, 1.165) is 17.2 Å². The predicted molar refractivity (Wildman–Crippen MR) is 164 cm³/mol. The SMILES string of the molecule is CN(CC(=O)O)c1cccc(OCCCN(Cc2cccc(C(F)(F)F)c2Cl)C(C)(c2ccccc2)c2ccccc2)c1. The van der Waals surface area contributed by atoms with Crippen molar-refractivity contribution >= 4 is 23.3 Å². The fourth-order valence-corrected chi connectivity index (χ4v) is 5.49. The molecule has 1 N–H and O–H groups in total. The van der Waals surface area contributed by atoms with E-state index in [-0.39, 0.29) is 18.1 Å². The van der Waals surface area contributed by atoms with Crippen molar-refractivity contribution in [3.05, 3.63) is 130 Å². The Balaban J connectivity index is 1.63. The van der Waals surface area contributed by atoms with Gasteiger partial charge in [0, 0.05) is 31.9 Å². The number of ether oxygens (including phenoxy) is 1. The summed E-state index contributed by atoms with van der Waals surface area (Å²) in [6.45, 7) is 2.90. The second kappa shape index (κ2) is 14.0. The van der Waals surface area contributed by atoms with Gasteiger partial charge in [-0.1, -0.05) is 90.5 Å². The second-order valence-electron chi connectivity index (χ2n) is 10.5. The summed E-state index contributed by atoms with van der Waals surface area (Å²) < 4.78 is 47.2. The Bertz CT molecular complexity index is 1460. The highest BCUT2D eigenvalue weighted by Gasteiger charge is 2.37. The number of carboxylic acid groups (broad SMARTS) is 1. The molecule has 0 amide bonds. The highest BCUT2D eigenvalue weighted by atomic mass is 35.5. The van der Waals surface area contributed by atoms with Crippen LogP contribution in [0.15, 0.2) is 103 Å². The van der Waals surface area contributed by atoms with E-state index in [1.807, 2.05) is 66.7 Å². The van der Waals surface area contributed by atoms with Gasteiger partial charge in [0.05, 0.1) is 22.7 Å². The van der Waals surface area contributed by atoms with E-state index in [1.165, 1.54) is 6.07 Å². The van der Waals surface area contributed by atoms with Crippen LogP contribution < -0.4 is 9.64 Å². The highest BCUT2D eigenvalue weighted by molar-refractivity contribution is 6.32. The van der Waals surface area contributed by atoms with Crippen LogP contribution in [0.3, 0.4) is 0 Å². The number of anilines is 1. The van der Waals surface area contributed by atoms with Crippen LogP contribution in [0, 0.1) is 0 Å². The Labute approximate surface area is 255 Å². The number of nitrogens with zero attached hydrogens (tertiary/aromatic N) is 2. The van der Waals surface area contributed by atoms with Crippen molar-refractivity contribution in [2.24, 2.45) is 0 Å². The zero-order chi connectivity index (χ0) is 31.0. The number of hydrogen-bond acceptors (Lipinski definition) is 4. The number of halogens is 4. The van der Waals surface area contributed by atoms with Crippen LogP contribution in [-0.4, -0.2) is 42.7 Å². The van der Waals surface area contributed by atoms with Gasteiger partial charge >= 0.3 is 12.1 Å². The number of benzene rings is 4. The molecule has 0 aliphatic rings. The molecule has 0 aliphatic heterocycles. The average Bonchev–Trinajstić information content (AvgIpc) is 2.99. The van der Waals surface area contributed by atoms with Crippen LogP contribution in [0.25, 0.3) is 0 Å². The fraction of sp³-hybridized carbons (Fsp3) is 0.265. The number of hydrogen-bond donors (Lipinski definition) is 1. The molecule has 5 nitrogen and oxygen atoms in total. The molecule has 0 unspecified atom stereocenters. The van der Waals surface area contributed by atoms with Crippen molar-refractivity contribution in [2.45, 2.75) is 31.6 Å². The first-order valence-electron chi connectivity index (χ1n) is 13.9. The van der Waals surface area contributed by atoms with Crippen LogP contribution in [0.2, 0.25) is 5.02 Å². The monoisotopic (exact) mass is 610 g/mol. The summed E-state index contributed by atoms with van der Waals surface area (Å²) >= 11 is 6.38. The molecule has 0 spiro atoms. The van der Waals surface area contributed by atoms with Crippen molar-refractivity contribution in [1.29, 1.82) is 0 Å². The minimum atomic E-state index is -4.57. The van der Waals surface area contributed by atoms with Gasteiger partial charge in [-0.25, -0.2) is 0 Å². The van der Waals surface area contributed by atoms with Gasteiger partial charge in [-0.15, -0.1) is 0 Å². The number of likely N-dealkylation sites (N-methyl/N-ethyl adjacent to an activating group) is 1. The Morgan fingerprint density at radius 2 is 1.49 bits per heavy atom. The van der Waals surface area contributed by atoms with Gasteiger partial charge in [-0.3, -0.25) is 9.69 Å². The lowest BCUT2D eigenvalue weighted by Gasteiger charge is -2.43. The van der Waals surface area contributed by atoms with Gasteiger partial charge < -0.3 is 14.7 Å². The lowest BCUT2D eigenvalue weighted by molar-refractivity contribution is -0.137. The van der Waals surface area contributed by atoms with Crippen LogP contribution in [0.5, 0.6) is 5.75 Å². The quantitative estimate of drug-likeness (QED) is 0.155. The highest BCUT2D eigenvalue weighted by Crippen LogP contribution is 2.40. The van der Waals surface area contributed by atoms with Crippen molar-refractivity contribution in [3.8, 4) is 5.75 Å². The van der Waals surface area contributed by atoms with Crippen molar-refractivity contribution in [3.63, 3.8) is 0 Å². The fourth-order valence-electron chi connectivity index (χ4n) is 5.19. The van der Waals surface area contributed by atoms with Crippen LogP contribution in [0.1, 0.15) is 35.6 Å². The summed E-state index contributed by atoms with van der Waals surface area (Å²) in [4.78, 5) is 14.9. The maximum Gasteiger partial charge on any atom is 0.417 e. The molecule has 0 radical (unpaired) electrons. The van der Waals surface area contributed by atoms with E-state index in [2.05, 4.69) is 11.8 Å². The molecule has 0 aliphatic carbocycles. The van der Waals surface area contributed by atoms with Crippen molar-refractivity contribution in [1.82, 2.24) is 4.90 Å². The molecule has 0 atom stereocenters. The molecule has 0 saturated heterocycles. The normalized spacial score (nSPS) is 11.9. The number of aliphatic carboxylic acids is 1. The lowest BCUT2D eigenvalue weighted by atomic mass is 9.82. The maximum atomic E-state index is 13.7. The summed E-state index contributed by atoms with van der Waals surface area (Å²) in [5.41, 5.74) is 1.49. The summed E-state index contributed by atoms with van der Waals surface area (Å²) in [5.74, 6) is -0.342. The molecule has 4 rings (SSSR count). The smallest absolute Gasteiger partial charge is 0.417 e. The molecule has 0 aromatic heterocycles. The van der Waals surface area contributed by atoms with Crippen LogP contribution in [0.4, 0.5) is 18.9 Å². The van der Waals surface area contributed by atoms with Gasteiger partial charge in [0.25, 0.3) is 0 Å². The van der Waals surface area contributed by atoms with Gasteiger partial charge in [0.2, 0.25) is 0 Å². The van der Waals surface area contributed by atoms with E-state index in [9.17, 15) is 18.0 Å². The van der Waals surface area contributed by atoms with E-state index in [4.69, 9.17) is 21.4 Å². The summed E-state index contributed by atoms with van der Waals surface area (Å²) in [6.07, 6.45) is -4.01. The standard InChI is InChI=1S/C34H34ClF3N2O3/c1-33(26-13-5-3-6-14-26,27-15-7-4-8-16-27)40(23-25-12-9-19-30(32(25)35)34(36,37)38)20-11-21-43-29-18-10-17-28(22-29)39(2)24-31(41)42/h3-10,12-19,22H,11,20-21,23-24H2,1-2H3,(H,41,42). The topological polar surface area (TPSA) is 53.0 Å². The minimum absolute atomic E-state index is 0.145. The summed E-state index contributed by atoms with van der Waals surface area (Å²) in [7, 11) is 1.69. The first-order chi connectivity index (χ1) is 20.5. The third-order valence-corrected chi connectivity index (χ3v) is 7.97. The molecule has 226 valence electrons. The second-order valence-corrected chi connectivity index (χ2v) is 10.8. The molecule has 4 aromatic rings. The van der Waals surface area contributed by atoms with Crippen molar-refractivity contribution < 1.29 is 27.8 Å². The molecule has 0 heterocycles. The number of alkyl halides is 3. The van der Waals surface area contributed by atoms with E-state index in [1.54, 1.807) is 36.2 Å². The Morgan fingerprint density at radius 3 is 2.07 bits per heavy atom. The third-order valence-electron chi connectivity index (χ3n) is 7.52. The third kappa shape index (κ3) is 7.89. The first kappa shape index (κ1) is 31.9. The van der Waals surface area contributed by atoms with E-state index in [0.29, 0.717) is 36.6 Å². The zero-order valence-electron chi connectivity index (χ0n) is 24.0. The Kier molecular flexibility index (Phi) is 10.4. The maximum absolute atomic E-state index is 13.7. The Hall–Kier alpha value is -4.01. The summed E-state index contributed by atoms with van der Waals surface area (Å²) in [6, 6.07) is 30.9. The Morgan fingerprint density at radius 1 is 0.884 bits per heavy atom. The van der Waals surface area contributed by atoms with Gasteiger partial charge in [0.15, 0.2) is 0 Å². The molecule has 0 fully saturated rings. The lowest BCUT2D eigenvalue weighted by Crippen LogP contribution is -2.45. The van der Waals surface area contributed by atoms with Crippen molar-refractivity contribution in [2.75, 3.05) is 31.6 Å². The van der Waals surface area contributed by atoms with Crippen LogP contribution >= 0.6 is 11.6 Å². The molecule has 4 aromatic carbocycles. The number of carbonyl (C=O) groups is 1. The predicted octanol–water partition coefficient (Wildman–Crippen LogP) is 8.11. The van der Waals surface area contributed by atoms with Gasteiger partial charge in [-0.2, -0.15) is 13.2 Å². The van der Waals surface area contributed by atoms with E-state index < -0.39 is 23.2 Å². The van der Waals surface area contributed by atoms with Gasteiger partial charge in [0.1, 0.15) is 12.3 Å². The zero-order valence-corrected chi connectivity index (χ0v) is 24.8. The number of carboxylic acids is 1. The van der Waals surface area contributed by atoms with E-state index >= 15 is 0 Å². The van der Waals surface area contributed by atoms with Crippen LogP contribution in [-0.2, 0) is 23.1 Å². The van der Waals surface area contributed by atoms with Gasteiger partial charge in [-0.05, 0) is 48.2 Å². The molecule has 0 saturated carbocycles. The molecule has 0 bridgehead atoms. The molecule has 9 heteroatoms. The number of rotatable bonds is 13. The summed E-state index contributed by atoms with van der Waals surface area (Å²) in [5, 5.41) is 8.80. The molecule has 43 heavy (non-hydrogen) atoms. The average molecular weight is 611 g/mol. The first-order valence-corrected chi connectivity index (χ1v) is 14.2. The largest absolute Gasteiger partial charge is 0.493 e.